The van der Waals surface area contributed by atoms with Crippen LogP contribution in [0.1, 0.15) is 39.3 Å². The maximum atomic E-state index is 4.45. The Balaban J connectivity index is 2.85. The molecule has 0 radical (unpaired) electrons. The summed E-state index contributed by atoms with van der Waals surface area (Å²) in [4.78, 5) is 4.45. The molecule has 0 aliphatic rings. The number of nitrogens with zero attached hydrogens (tertiary/aromatic N) is 1. The first-order chi connectivity index (χ1) is 7.15. The van der Waals surface area contributed by atoms with E-state index in [1.54, 1.807) is 0 Å². The predicted molar refractivity (Wildman–Crippen MR) is 67.3 cm³/mol. The molecule has 0 amide bonds. The molecule has 0 bridgehead atoms. The monoisotopic (exact) mass is 224 g/mol. The second-order valence-electron chi connectivity index (χ2n) is 3.84. The first-order valence-electron chi connectivity index (χ1n) is 5.50. The summed E-state index contributed by atoms with van der Waals surface area (Å²) in [6.07, 6.45) is 1.87. The van der Waals surface area contributed by atoms with Crippen LogP contribution in [0.2, 0.25) is 0 Å². The van der Waals surface area contributed by atoms with E-state index in [9.17, 15) is 0 Å². The number of rotatable bonds is 5. The second-order valence-corrected chi connectivity index (χ2v) is 5.41. The number of aromatic nitrogens is 1. The first kappa shape index (κ1) is 12.5. The fraction of sp³-hybridized carbons (Fsp3) is 0.583. The van der Waals surface area contributed by atoms with Gasteiger partial charge in [-0.25, -0.2) is 4.98 Å². The van der Waals surface area contributed by atoms with Crippen molar-refractivity contribution in [1.82, 2.24) is 10.3 Å². The van der Waals surface area contributed by atoms with Crippen molar-refractivity contribution in [1.29, 1.82) is 0 Å². The Labute approximate surface area is 96.9 Å². The van der Waals surface area contributed by atoms with Crippen LogP contribution in [0, 0.1) is 0 Å². The lowest BCUT2D eigenvalue weighted by Crippen LogP contribution is -2.18. The van der Waals surface area contributed by atoms with Crippen molar-refractivity contribution in [2.24, 2.45) is 0 Å². The quantitative estimate of drug-likeness (QED) is 0.777. The third-order valence-electron chi connectivity index (χ3n) is 2.12. The molecule has 1 rings (SSSR count). The van der Waals surface area contributed by atoms with Crippen molar-refractivity contribution in [3.05, 3.63) is 23.9 Å². The number of hydrogen-bond donors (Lipinski definition) is 1. The van der Waals surface area contributed by atoms with Crippen LogP contribution in [-0.2, 0) is 0 Å². The summed E-state index contributed by atoms with van der Waals surface area (Å²) >= 11 is 1.83. The molecule has 0 aliphatic carbocycles. The second kappa shape index (κ2) is 6.13. The lowest BCUT2D eigenvalue weighted by atomic mass is 10.1. The van der Waals surface area contributed by atoms with Gasteiger partial charge in [-0.3, -0.25) is 0 Å². The van der Waals surface area contributed by atoms with Gasteiger partial charge in [0.25, 0.3) is 0 Å². The van der Waals surface area contributed by atoms with Crippen molar-refractivity contribution in [2.75, 3.05) is 6.54 Å². The fourth-order valence-electron chi connectivity index (χ4n) is 1.47. The highest BCUT2D eigenvalue weighted by molar-refractivity contribution is 7.99. The topological polar surface area (TPSA) is 24.9 Å². The summed E-state index contributed by atoms with van der Waals surface area (Å²) in [7, 11) is 0. The van der Waals surface area contributed by atoms with E-state index >= 15 is 0 Å². The Hall–Kier alpha value is -0.540. The van der Waals surface area contributed by atoms with Crippen LogP contribution >= 0.6 is 11.8 Å². The summed E-state index contributed by atoms with van der Waals surface area (Å²) in [5.74, 6) is 0. The van der Waals surface area contributed by atoms with Crippen LogP contribution in [0.15, 0.2) is 23.4 Å². The zero-order valence-electron chi connectivity index (χ0n) is 9.95. The minimum absolute atomic E-state index is 0.380. The maximum Gasteiger partial charge on any atom is 0.101 e. The fourth-order valence-corrected chi connectivity index (χ4v) is 2.42. The third-order valence-corrected chi connectivity index (χ3v) is 3.16. The Kier molecular flexibility index (Phi) is 5.12. The van der Waals surface area contributed by atoms with E-state index in [2.05, 4.69) is 44.1 Å². The highest BCUT2D eigenvalue weighted by Gasteiger charge is 2.11. The molecule has 0 aromatic carbocycles. The highest BCUT2D eigenvalue weighted by Crippen LogP contribution is 2.27. The summed E-state index contributed by atoms with van der Waals surface area (Å²) in [5, 5.41) is 5.15. The molecule has 1 aromatic rings. The standard InChI is InChI=1S/C12H20N2S/c1-5-13-10(4)11-7-6-8-14-12(11)15-9(2)3/h6-10,13H,5H2,1-4H3. The predicted octanol–water partition coefficient (Wildman–Crippen LogP) is 3.25. The van der Waals surface area contributed by atoms with Gasteiger partial charge in [-0.2, -0.15) is 0 Å². The van der Waals surface area contributed by atoms with E-state index in [0.29, 0.717) is 11.3 Å². The average Bonchev–Trinajstić information content (AvgIpc) is 2.18. The van der Waals surface area contributed by atoms with Gasteiger partial charge in [0, 0.05) is 23.1 Å². The van der Waals surface area contributed by atoms with Crippen molar-refractivity contribution in [3.8, 4) is 0 Å². The molecule has 0 saturated carbocycles. The number of nitrogens with one attached hydrogen (secondary N) is 1. The van der Waals surface area contributed by atoms with Gasteiger partial charge in [-0.1, -0.05) is 26.8 Å². The van der Waals surface area contributed by atoms with Crippen molar-refractivity contribution in [3.63, 3.8) is 0 Å². The van der Waals surface area contributed by atoms with Crippen LogP contribution in [0.3, 0.4) is 0 Å². The number of thioether (sulfide) groups is 1. The van der Waals surface area contributed by atoms with Crippen molar-refractivity contribution >= 4 is 11.8 Å². The molecule has 15 heavy (non-hydrogen) atoms. The van der Waals surface area contributed by atoms with Crippen molar-refractivity contribution < 1.29 is 0 Å². The van der Waals surface area contributed by atoms with E-state index in [1.165, 1.54) is 5.56 Å². The molecule has 0 aliphatic heterocycles. The molecule has 0 fully saturated rings. The van der Waals surface area contributed by atoms with Gasteiger partial charge in [-0.15, -0.1) is 11.8 Å². The van der Waals surface area contributed by atoms with E-state index in [-0.39, 0.29) is 0 Å². The van der Waals surface area contributed by atoms with E-state index in [4.69, 9.17) is 0 Å². The van der Waals surface area contributed by atoms with Crippen molar-refractivity contribution in [2.45, 2.75) is 44.0 Å². The molecule has 3 heteroatoms. The largest absolute Gasteiger partial charge is 0.310 e. The van der Waals surface area contributed by atoms with Crippen LogP contribution in [-0.4, -0.2) is 16.8 Å². The van der Waals surface area contributed by atoms with E-state index in [1.807, 2.05) is 24.0 Å². The van der Waals surface area contributed by atoms with Crippen LogP contribution < -0.4 is 5.32 Å². The zero-order chi connectivity index (χ0) is 11.3. The highest BCUT2D eigenvalue weighted by atomic mass is 32.2. The molecular weight excluding hydrogens is 204 g/mol. The molecule has 1 unspecified atom stereocenters. The SMILES string of the molecule is CCNC(C)c1cccnc1SC(C)C. The van der Waals surface area contributed by atoms with Gasteiger partial charge >= 0.3 is 0 Å². The smallest absolute Gasteiger partial charge is 0.101 e. The number of hydrogen-bond acceptors (Lipinski definition) is 3. The van der Waals surface area contributed by atoms with Gasteiger partial charge in [-0.05, 0) is 19.5 Å². The first-order valence-corrected chi connectivity index (χ1v) is 6.38. The number of pyridine rings is 1. The molecule has 1 aromatic heterocycles. The van der Waals surface area contributed by atoms with Crippen LogP contribution in [0.5, 0.6) is 0 Å². The van der Waals surface area contributed by atoms with E-state index < -0.39 is 0 Å². The Morgan fingerprint density at radius 3 is 2.73 bits per heavy atom. The van der Waals surface area contributed by atoms with Gasteiger partial charge < -0.3 is 5.32 Å². The summed E-state index contributed by atoms with van der Waals surface area (Å²) in [6, 6.07) is 4.54. The molecule has 1 heterocycles. The zero-order valence-corrected chi connectivity index (χ0v) is 10.8. The van der Waals surface area contributed by atoms with Gasteiger partial charge in [0.15, 0.2) is 0 Å². The Bertz CT molecular complexity index is 299. The minimum Gasteiger partial charge on any atom is -0.310 e. The summed E-state index contributed by atoms with van der Waals surface area (Å²) in [6.45, 7) is 9.69. The van der Waals surface area contributed by atoms with Crippen LogP contribution in [0.4, 0.5) is 0 Å². The minimum atomic E-state index is 0.380. The molecule has 2 nitrogen and oxygen atoms in total. The maximum absolute atomic E-state index is 4.45. The summed E-state index contributed by atoms with van der Waals surface area (Å²) in [5.41, 5.74) is 1.30. The average molecular weight is 224 g/mol. The lowest BCUT2D eigenvalue weighted by molar-refractivity contribution is 0.585. The van der Waals surface area contributed by atoms with Gasteiger partial charge in [0.05, 0.1) is 0 Å². The Morgan fingerprint density at radius 2 is 2.13 bits per heavy atom. The van der Waals surface area contributed by atoms with Gasteiger partial charge in [0.1, 0.15) is 5.03 Å². The molecular formula is C12H20N2S. The van der Waals surface area contributed by atoms with Gasteiger partial charge in [0.2, 0.25) is 0 Å². The third kappa shape index (κ3) is 3.84. The molecule has 1 N–H and O–H groups in total. The molecule has 0 spiro atoms. The molecule has 0 saturated heterocycles. The molecule has 84 valence electrons. The Morgan fingerprint density at radius 1 is 1.40 bits per heavy atom. The lowest BCUT2D eigenvalue weighted by Gasteiger charge is -2.16. The van der Waals surface area contributed by atoms with E-state index in [0.717, 1.165) is 11.6 Å². The summed E-state index contributed by atoms with van der Waals surface area (Å²) < 4.78 is 0. The molecule has 1 atom stereocenters. The van der Waals surface area contributed by atoms with Crippen LogP contribution in [0.25, 0.3) is 0 Å². The normalized spacial score (nSPS) is 13.1.